The van der Waals surface area contributed by atoms with Gasteiger partial charge in [0, 0.05) is 12.9 Å². The van der Waals surface area contributed by atoms with E-state index in [1.807, 2.05) is 0 Å². The van der Waals surface area contributed by atoms with E-state index in [2.05, 4.69) is 12.6 Å². The third kappa shape index (κ3) is 12.2. The molecule has 0 amide bonds. The van der Waals surface area contributed by atoms with Crippen LogP contribution < -0.4 is 0 Å². The highest BCUT2D eigenvalue weighted by molar-refractivity contribution is 7.80. The van der Waals surface area contributed by atoms with Crippen LogP contribution in [0.15, 0.2) is 0 Å². The lowest BCUT2D eigenvalue weighted by Crippen LogP contribution is -2.11. The van der Waals surface area contributed by atoms with E-state index in [-0.39, 0.29) is 0 Å². The largest absolute Gasteiger partial charge is 0.382 e. The molecule has 0 aromatic rings. The van der Waals surface area contributed by atoms with Gasteiger partial charge in [0.1, 0.15) is 0 Å². The molecule has 0 N–H and O–H groups in total. The van der Waals surface area contributed by atoms with Crippen molar-refractivity contribution in [3.05, 3.63) is 0 Å². The van der Waals surface area contributed by atoms with Crippen LogP contribution in [-0.4, -0.2) is 59.1 Å². The normalized spacial score (nSPS) is 10.7. The summed E-state index contributed by atoms with van der Waals surface area (Å²) >= 11 is 4.01. The standard InChI is InChI=1S/C9H20O4S/c1-10-2-3-11-4-5-12-6-7-13-8-9-14/h14H,2-9H2,1H3. The van der Waals surface area contributed by atoms with E-state index in [0.717, 1.165) is 5.75 Å². The summed E-state index contributed by atoms with van der Waals surface area (Å²) in [6.07, 6.45) is 0. The predicted octanol–water partition coefficient (Wildman–Crippen LogP) is 0.612. The van der Waals surface area contributed by atoms with Gasteiger partial charge in [-0.25, -0.2) is 0 Å². The van der Waals surface area contributed by atoms with E-state index in [1.165, 1.54) is 0 Å². The van der Waals surface area contributed by atoms with Crippen LogP contribution >= 0.6 is 12.6 Å². The van der Waals surface area contributed by atoms with Crippen LogP contribution in [0.3, 0.4) is 0 Å². The van der Waals surface area contributed by atoms with E-state index in [1.54, 1.807) is 7.11 Å². The highest BCUT2D eigenvalue weighted by Crippen LogP contribution is 1.82. The molecule has 0 aliphatic carbocycles. The Morgan fingerprint density at radius 1 is 0.714 bits per heavy atom. The van der Waals surface area contributed by atoms with Crippen molar-refractivity contribution in [3.63, 3.8) is 0 Å². The summed E-state index contributed by atoms with van der Waals surface area (Å²) in [6.45, 7) is 4.38. The van der Waals surface area contributed by atoms with Crippen molar-refractivity contribution in [1.29, 1.82) is 0 Å². The van der Waals surface area contributed by atoms with Crippen LogP contribution in [0.4, 0.5) is 0 Å². The monoisotopic (exact) mass is 224 g/mol. The summed E-state index contributed by atoms with van der Waals surface area (Å²) in [6, 6.07) is 0. The molecule has 0 unspecified atom stereocenters. The highest BCUT2D eigenvalue weighted by atomic mass is 32.1. The van der Waals surface area contributed by atoms with Crippen molar-refractivity contribution in [3.8, 4) is 0 Å². The number of hydrogen-bond donors (Lipinski definition) is 1. The number of ether oxygens (including phenoxy) is 4. The molecule has 4 nitrogen and oxygen atoms in total. The second kappa shape index (κ2) is 13.2. The molecule has 0 radical (unpaired) electrons. The third-order valence-corrected chi connectivity index (χ3v) is 1.59. The molecule has 0 aromatic heterocycles. The van der Waals surface area contributed by atoms with Gasteiger partial charge in [-0.05, 0) is 0 Å². The average molecular weight is 224 g/mol. The lowest BCUT2D eigenvalue weighted by Gasteiger charge is -2.05. The molecule has 0 saturated carbocycles. The van der Waals surface area contributed by atoms with E-state index in [0.29, 0.717) is 46.2 Å². The predicted molar refractivity (Wildman–Crippen MR) is 58.2 cm³/mol. The van der Waals surface area contributed by atoms with Crippen molar-refractivity contribution in [2.45, 2.75) is 0 Å². The summed E-state index contributed by atoms with van der Waals surface area (Å²) in [4.78, 5) is 0. The van der Waals surface area contributed by atoms with Crippen molar-refractivity contribution >= 4 is 12.6 Å². The number of rotatable bonds is 11. The SMILES string of the molecule is COCCOCCOCCOCCS. The Balaban J connectivity index is 2.78. The van der Waals surface area contributed by atoms with Crippen molar-refractivity contribution in [1.82, 2.24) is 0 Å². The fraction of sp³-hybridized carbons (Fsp3) is 1.00. The molecule has 14 heavy (non-hydrogen) atoms. The maximum Gasteiger partial charge on any atom is 0.0701 e. The zero-order valence-electron chi connectivity index (χ0n) is 8.74. The molecule has 0 atom stereocenters. The average Bonchev–Trinajstić information content (AvgIpc) is 2.21. The van der Waals surface area contributed by atoms with Gasteiger partial charge in [-0.1, -0.05) is 0 Å². The summed E-state index contributed by atoms with van der Waals surface area (Å²) in [7, 11) is 1.65. The molecule has 0 fully saturated rings. The quantitative estimate of drug-likeness (QED) is 0.412. The zero-order valence-corrected chi connectivity index (χ0v) is 9.63. The summed E-state index contributed by atoms with van der Waals surface area (Å²) in [5, 5.41) is 0. The first-order valence-corrected chi connectivity index (χ1v) is 5.38. The second-order valence-corrected chi connectivity index (χ2v) is 3.00. The van der Waals surface area contributed by atoms with Crippen LogP contribution in [0.5, 0.6) is 0 Å². The van der Waals surface area contributed by atoms with Gasteiger partial charge >= 0.3 is 0 Å². The highest BCUT2D eigenvalue weighted by Gasteiger charge is 1.90. The van der Waals surface area contributed by atoms with Gasteiger partial charge in [-0.2, -0.15) is 12.6 Å². The number of methoxy groups -OCH3 is 1. The molecule has 0 heterocycles. The Labute approximate surface area is 91.3 Å². The van der Waals surface area contributed by atoms with Crippen molar-refractivity contribution < 1.29 is 18.9 Å². The van der Waals surface area contributed by atoms with Crippen molar-refractivity contribution in [2.75, 3.05) is 59.1 Å². The molecular formula is C9H20O4S. The molecule has 0 aliphatic heterocycles. The summed E-state index contributed by atoms with van der Waals surface area (Å²) in [5.74, 6) is 0.750. The second-order valence-electron chi connectivity index (χ2n) is 2.55. The molecule has 0 saturated heterocycles. The van der Waals surface area contributed by atoms with Crippen LogP contribution in [0, 0.1) is 0 Å². The Hall–Kier alpha value is 0.190. The molecule has 0 rings (SSSR count). The molecule has 0 aromatic carbocycles. The van der Waals surface area contributed by atoms with E-state index >= 15 is 0 Å². The van der Waals surface area contributed by atoms with Gasteiger partial charge in [-0.3, -0.25) is 0 Å². The molecular weight excluding hydrogens is 204 g/mol. The minimum atomic E-state index is 0.605. The fourth-order valence-electron chi connectivity index (χ4n) is 0.749. The van der Waals surface area contributed by atoms with Gasteiger partial charge in [0.2, 0.25) is 0 Å². The van der Waals surface area contributed by atoms with E-state index in [9.17, 15) is 0 Å². The van der Waals surface area contributed by atoms with Crippen molar-refractivity contribution in [2.24, 2.45) is 0 Å². The van der Waals surface area contributed by atoms with Gasteiger partial charge in [-0.15, -0.1) is 0 Å². The van der Waals surface area contributed by atoms with Gasteiger partial charge in [0.05, 0.1) is 46.2 Å². The van der Waals surface area contributed by atoms with Crippen LogP contribution in [0.1, 0.15) is 0 Å². The minimum absolute atomic E-state index is 0.605. The first-order valence-electron chi connectivity index (χ1n) is 4.75. The first kappa shape index (κ1) is 14.2. The van der Waals surface area contributed by atoms with Gasteiger partial charge in [0.25, 0.3) is 0 Å². The summed E-state index contributed by atoms with van der Waals surface area (Å²) in [5.41, 5.74) is 0. The van der Waals surface area contributed by atoms with Gasteiger partial charge < -0.3 is 18.9 Å². The molecule has 86 valence electrons. The summed E-state index contributed by atoms with van der Waals surface area (Å²) < 4.78 is 20.4. The Kier molecular flexibility index (Phi) is 13.4. The van der Waals surface area contributed by atoms with Gasteiger partial charge in [0.15, 0.2) is 0 Å². The van der Waals surface area contributed by atoms with Crippen LogP contribution in [0.25, 0.3) is 0 Å². The number of thiol groups is 1. The molecule has 0 aliphatic rings. The molecule has 5 heteroatoms. The first-order chi connectivity index (χ1) is 6.91. The lowest BCUT2D eigenvalue weighted by molar-refractivity contribution is 0.00567. The van der Waals surface area contributed by atoms with Crippen LogP contribution in [0.2, 0.25) is 0 Å². The zero-order chi connectivity index (χ0) is 10.5. The van der Waals surface area contributed by atoms with Crippen LogP contribution in [-0.2, 0) is 18.9 Å². The minimum Gasteiger partial charge on any atom is -0.382 e. The van der Waals surface area contributed by atoms with E-state index < -0.39 is 0 Å². The van der Waals surface area contributed by atoms with E-state index in [4.69, 9.17) is 18.9 Å². The number of hydrogen-bond acceptors (Lipinski definition) is 5. The fourth-order valence-corrected chi connectivity index (χ4v) is 0.878. The molecule has 0 bridgehead atoms. The third-order valence-electron chi connectivity index (χ3n) is 1.41. The smallest absolute Gasteiger partial charge is 0.0701 e. The Morgan fingerprint density at radius 2 is 1.14 bits per heavy atom. The lowest BCUT2D eigenvalue weighted by atomic mass is 10.7. The Morgan fingerprint density at radius 3 is 1.57 bits per heavy atom. The maximum absolute atomic E-state index is 5.24. The molecule has 0 spiro atoms. The Bertz CT molecular complexity index is 90.8. The maximum atomic E-state index is 5.24. The topological polar surface area (TPSA) is 36.9 Å².